The molecule has 1 aromatic rings. The van der Waals surface area contributed by atoms with Gasteiger partial charge >= 0.3 is 5.69 Å². The van der Waals surface area contributed by atoms with E-state index in [0.29, 0.717) is 19.0 Å². The number of nitro benzene ring substituents is 1. The number of methoxy groups -OCH3 is 1. The van der Waals surface area contributed by atoms with E-state index in [1.165, 1.54) is 13.2 Å². The third-order valence-electron chi connectivity index (χ3n) is 2.48. The number of nitrogens with one attached hydrogen (secondary N) is 2. The minimum Gasteiger partial charge on any atom is -0.490 e. The Hall–Kier alpha value is -2.02. The summed E-state index contributed by atoms with van der Waals surface area (Å²) in [4.78, 5) is 14.4. The Balaban J connectivity index is 0.00000400. The lowest BCUT2D eigenvalue weighted by Crippen LogP contribution is -2.36. The van der Waals surface area contributed by atoms with Gasteiger partial charge in [-0.1, -0.05) is 12.0 Å². The number of hydrogen-bond donors (Lipinski definition) is 2. The monoisotopic (exact) mass is 404 g/mol. The molecule has 0 aliphatic heterocycles. The van der Waals surface area contributed by atoms with Gasteiger partial charge in [0.2, 0.25) is 0 Å². The van der Waals surface area contributed by atoms with E-state index in [-0.39, 0.29) is 35.4 Å². The first-order valence-electron chi connectivity index (χ1n) is 5.81. The molecule has 0 aromatic heterocycles. The van der Waals surface area contributed by atoms with E-state index in [1.807, 2.05) is 0 Å². The molecule has 1 aromatic carbocycles. The molecule has 2 N–H and O–H groups in total. The molecule has 0 unspecified atom stereocenters. The number of terminal acetylenes is 1. The van der Waals surface area contributed by atoms with Gasteiger partial charge in [0.05, 0.1) is 18.6 Å². The molecule has 21 heavy (non-hydrogen) atoms. The minimum absolute atomic E-state index is 0. The van der Waals surface area contributed by atoms with Crippen LogP contribution in [0.4, 0.5) is 5.69 Å². The van der Waals surface area contributed by atoms with Crippen LogP contribution in [0.2, 0.25) is 0 Å². The second-order valence-corrected chi connectivity index (χ2v) is 3.75. The molecule has 0 heterocycles. The molecule has 0 radical (unpaired) electrons. The molecule has 0 atom stereocenters. The van der Waals surface area contributed by atoms with Crippen molar-refractivity contribution in [3.63, 3.8) is 0 Å². The minimum atomic E-state index is -0.478. The van der Waals surface area contributed by atoms with E-state index in [4.69, 9.17) is 11.2 Å². The maximum absolute atomic E-state index is 10.9. The molecule has 8 heteroatoms. The molecule has 0 spiro atoms. The topological polar surface area (TPSA) is 88.8 Å². The van der Waals surface area contributed by atoms with Crippen molar-refractivity contribution in [2.24, 2.45) is 4.99 Å². The van der Waals surface area contributed by atoms with Crippen LogP contribution in [0.1, 0.15) is 5.56 Å². The fraction of sp³-hybridized carbons (Fsp3) is 0.308. The van der Waals surface area contributed by atoms with Crippen LogP contribution >= 0.6 is 24.0 Å². The lowest BCUT2D eigenvalue weighted by atomic mass is 10.2. The Bertz CT molecular complexity index is 555. The van der Waals surface area contributed by atoms with E-state index in [2.05, 4.69) is 21.5 Å². The van der Waals surface area contributed by atoms with Crippen LogP contribution in [0.15, 0.2) is 23.2 Å². The second kappa shape index (κ2) is 9.82. The van der Waals surface area contributed by atoms with Gasteiger partial charge in [-0.3, -0.25) is 15.1 Å². The van der Waals surface area contributed by atoms with Gasteiger partial charge in [-0.2, -0.15) is 0 Å². The summed E-state index contributed by atoms with van der Waals surface area (Å²) >= 11 is 0. The number of benzene rings is 1. The molecule has 1 rings (SSSR count). The molecule has 7 nitrogen and oxygen atoms in total. The molecule has 0 aliphatic rings. The Labute approximate surface area is 140 Å². The van der Waals surface area contributed by atoms with Gasteiger partial charge in [0.15, 0.2) is 11.7 Å². The van der Waals surface area contributed by atoms with Crippen LogP contribution in [-0.4, -0.2) is 31.6 Å². The van der Waals surface area contributed by atoms with Gasteiger partial charge in [0, 0.05) is 19.7 Å². The van der Waals surface area contributed by atoms with Gasteiger partial charge in [0.1, 0.15) is 0 Å². The van der Waals surface area contributed by atoms with Crippen LogP contribution < -0.4 is 15.4 Å². The molecular weight excluding hydrogens is 387 g/mol. The SMILES string of the molecule is C#CCNC(=NC)NCc1ccc(OC)c([N+](=O)[O-])c1.I. The molecule has 0 bridgehead atoms. The van der Waals surface area contributed by atoms with Crippen LogP contribution in [0.3, 0.4) is 0 Å². The summed E-state index contributed by atoms with van der Waals surface area (Å²) in [5, 5.41) is 16.8. The fourth-order valence-corrected chi connectivity index (χ4v) is 1.53. The first-order chi connectivity index (χ1) is 9.62. The first-order valence-corrected chi connectivity index (χ1v) is 5.81. The Morgan fingerprint density at radius 2 is 2.24 bits per heavy atom. The number of nitrogens with zero attached hydrogens (tertiary/aromatic N) is 2. The van der Waals surface area contributed by atoms with Gasteiger partial charge in [0.25, 0.3) is 0 Å². The van der Waals surface area contributed by atoms with Crippen LogP contribution in [0, 0.1) is 22.5 Å². The van der Waals surface area contributed by atoms with Crippen molar-refractivity contribution in [3.8, 4) is 18.1 Å². The molecular formula is C13H17IN4O3. The van der Waals surface area contributed by atoms with Gasteiger partial charge in [-0.15, -0.1) is 30.4 Å². The smallest absolute Gasteiger partial charge is 0.311 e. The highest BCUT2D eigenvalue weighted by Crippen LogP contribution is 2.27. The third kappa shape index (κ3) is 5.86. The highest BCUT2D eigenvalue weighted by molar-refractivity contribution is 14.0. The van der Waals surface area contributed by atoms with Gasteiger partial charge in [-0.25, -0.2) is 0 Å². The maximum Gasteiger partial charge on any atom is 0.311 e. The van der Waals surface area contributed by atoms with Crippen molar-refractivity contribution in [1.82, 2.24) is 10.6 Å². The van der Waals surface area contributed by atoms with E-state index >= 15 is 0 Å². The van der Waals surface area contributed by atoms with Crippen molar-refractivity contribution in [2.45, 2.75) is 6.54 Å². The normalized spacial score (nSPS) is 10.0. The van der Waals surface area contributed by atoms with Crippen molar-refractivity contribution >= 4 is 35.6 Å². The lowest BCUT2D eigenvalue weighted by Gasteiger charge is -2.10. The number of hydrogen-bond acceptors (Lipinski definition) is 4. The van der Waals surface area contributed by atoms with Crippen LogP contribution in [-0.2, 0) is 6.54 Å². The van der Waals surface area contributed by atoms with E-state index < -0.39 is 4.92 Å². The first kappa shape index (κ1) is 19.0. The summed E-state index contributed by atoms with van der Waals surface area (Å²) in [6, 6.07) is 4.76. The molecule has 0 saturated carbocycles. The quantitative estimate of drug-likeness (QED) is 0.194. The highest BCUT2D eigenvalue weighted by atomic mass is 127. The van der Waals surface area contributed by atoms with E-state index in [0.717, 1.165) is 5.56 Å². The zero-order valence-electron chi connectivity index (χ0n) is 11.8. The van der Waals surface area contributed by atoms with Crippen LogP contribution in [0.25, 0.3) is 0 Å². The lowest BCUT2D eigenvalue weighted by molar-refractivity contribution is -0.385. The van der Waals surface area contributed by atoms with Gasteiger partial charge in [-0.05, 0) is 11.6 Å². The molecule has 0 amide bonds. The summed E-state index contributed by atoms with van der Waals surface area (Å²) in [5.41, 5.74) is 0.666. The summed E-state index contributed by atoms with van der Waals surface area (Å²) < 4.78 is 4.94. The number of ether oxygens (including phenoxy) is 1. The summed E-state index contributed by atoms with van der Waals surface area (Å²) in [6.07, 6.45) is 5.14. The number of halogens is 1. The van der Waals surface area contributed by atoms with E-state index in [9.17, 15) is 10.1 Å². The van der Waals surface area contributed by atoms with Crippen molar-refractivity contribution < 1.29 is 9.66 Å². The van der Waals surface area contributed by atoms with E-state index in [1.54, 1.807) is 19.2 Å². The maximum atomic E-state index is 10.9. The fourth-order valence-electron chi connectivity index (χ4n) is 1.53. The molecule has 0 saturated heterocycles. The number of aliphatic imine (C=N–C) groups is 1. The Kier molecular flexibility index (Phi) is 8.87. The second-order valence-electron chi connectivity index (χ2n) is 3.75. The molecule has 0 fully saturated rings. The van der Waals surface area contributed by atoms with Crippen molar-refractivity contribution in [2.75, 3.05) is 20.7 Å². The van der Waals surface area contributed by atoms with Crippen molar-refractivity contribution in [1.29, 1.82) is 0 Å². The largest absolute Gasteiger partial charge is 0.490 e. The van der Waals surface area contributed by atoms with Crippen LogP contribution in [0.5, 0.6) is 5.75 Å². The summed E-state index contributed by atoms with van der Waals surface area (Å²) in [7, 11) is 3.01. The number of guanidine groups is 1. The summed E-state index contributed by atoms with van der Waals surface area (Å²) in [5.74, 6) is 3.19. The zero-order chi connectivity index (χ0) is 15.0. The van der Waals surface area contributed by atoms with Gasteiger partial charge < -0.3 is 15.4 Å². The average Bonchev–Trinajstić information content (AvgIpc) is 2.47. The molecule has 0 aliphatic carbocycles. The number of rotatable bonds is 5. The average molecular weight is 404 g/mol. The standard InChI is InChI=1S/C13H16N4O3.HI/c1-4-7-15-13(14-2)16-9-10-5-6-12(20-3)11(8-10)17(18)19;/h1,5-6,8H,7,9H2,2-3H3,(H2,14,15,16);1H. The third-order valence-corrected chi connectivity index (χ3v) is 2.48. The number of nitro groups is 1. The predicted octanol–water partition coefficient (Wildman–Crippen LogP) is 1.52. The Morgan fingerprint density at radius 1 is 1.52 bits per heavy atom. The molecule has 114 valence electrons. The highest BCUT2D eigenvalue weighted by Gasteiger charge is 2.15. The summed E-state index contributed by atoms with van der Waals surface area (Å²) in [6.45, 7) is 0.734. The van der Waals surface area contributed by atoms with Crippen molar-refractivity contribution in [3.05, 3.63) is 33.9 Å². The zero-order valence-corrected chi connectivity index (χ0v) is 14.1. The predicted molar refractivity (Wildman–Crippen MR) is 92.1 cm³/mol. The Morgan fingerprint density at radius 3 is 2.76 bits per heavy atom.